The van der Waals surface area contributed by atoms with Gasteiger partial charge in [0.25, 0.3) is 0 Å². The first-order chi connectivity index (χ1) is 7.67. The van der Waals surface area contributed by atoms with E-state index in [-0.39, 0.29) is 0 Å². The molecule has 0 saturated heterocycles. The summed E-state index contributed by atoms with van der Waals surface area (Å²) >= 11 is 0. The Labute approximate surface area is 95.7 Å². The quantitative estimate of drug-likeness (QED) is 0.546. The third kappa shape index (κ3) is 3.42. The highest BCUT2D eigenvalue weighted by molar-refractivity contribution is 5.79. The number of aldehydes is 1. The highest BCUT2D eigenvalue weighted by Gasteiger charge is 2.04. The number of hydrogen-bond acceptors (Lipinski definition) is 3. The van der Waals surface area contributed by atoms with Gasteiger partial charge in [0.1, 0.15) is 11.5 Å². The number of ether oxygens (including phenoxy) is 2. The van der Waals surface area contributed by atoms with E-state index in [0.717, 1.165) is 18.3 Å². The fraction of sp³-hybridized carbons (Fsp3) is 0.308. The predicted molar refractivity (Wildman–Crippen MR) is 63.3 cm³/mol. The molecule has 1 rings (SSSR count). The van der Waals surface area contributed by atoms with Crippen LogP contribution in [0.3, 0.4) is 0 Å². The molecule has 0 saturated carbocycles. The van der Waals surface area contributed by atoms with Crippen LogP contribution in [0.2, 0.25) is 0 Å². The van der Waals surface area contributed by atoms with E-state index in [0.29, 0.717) is 23.7 Å². The van der Waals surface area contributed by atoms with Gasteiger partial charge in [0, 0.05) is 12.5 Å². The third-order valence-corrected chi connectivity index (χ3v) is 2.13. The van der Waals surface area contributed by atoms with Crippen molar-refractivity contribution in [2.75, 3.05) is 13.7 Å². The van der Waals surface area contributed by atoms with Crippen molar-refractivity contribution >= 4 is 6.29 Å². The minimum Gasteiger partial charge on any atom is -0.497 e. The van der Waals surface area contributed by atoms with E-state index in [1.807, 2.05) is 6.92 Å². The molecule has 3 nitrogen and oxygen atoms in total. The molecule has 0 atom stereocenters. The summed E-state index contributed by atoms with van der Waals surface area (Å²) in [4.78, 5) is 10.8. The van der Waals surface area contributed by atoms with Gasteiger partial charge in [-0.15, -0.1) is 6.58 Å². The van der Waals surface area contributed by atoms with E-state index in [9.17, 15) is 4.79 Å². The Morgan fingerprint density at radius 2 is 2.25 bits per heavy atom. The number of benzene rings is 1. The van der Waals surface area contributed by atoms with Crippen LogP contribution in [0.15, 0.2) is 30.4 Å². The predicted octanol–water partition coefficient (Wildman–Crippen LogP) is 2.85. The number of hydrogen-bond donors (Lipinski definition) is 0. The van der Waals surface area contributed by atoms with Gasteiger partial charge >= 0.3 is 0 Å². The molecule has 0 aliphatic carbocycles. The topological polar surface area (TPSA) is 35.5 Å². The van der Waals surface area contributed by atoms with Gasteiger partial charge in [-0.3, -0.25) is 4.79 Å². The van der Waals surface area contributed by atoms with Crippen molar-refractivity contribution in [3.8, 4) is 11.5 Å². The Hall–Kier alpha value is -1.77. The van der Waals surface area contributed by atoms with Gasteiger partial charge in [0.05, 0.1) is 19.3 Å². The van der Waals surface area contributed by atoms with Crippen LogP contribution in [0.1, 0.15) is 23.7 Å². The highest BCUT2D eigenvalue weighted by atomic mass is 16.5. The van der Waals surface area contributed by atoms with Gasteiger partial charge in [0.2, 0.25) is 0 Å². The van der Waals surface area contributed by atoms with Crippen LogP contribution in [-0.2, 0) is 0 Å². The lowest BCUT2D eigenvalue weighted by atomic mass is 10.2. The van der Waals surface area contributed by atoms with Gasteiger partial charge < -0.3 is 9.47 Å². The Kier molecular flexibility index (Phi) is 4.58. The van der Waals surface area contributed by atoms with Crippen LogP contribution in [0.5, 0.6) is 11.5 Å². The molecule has 1 aromatic carbocycles. The van der Waals surface area contributed by atoms with Crippen molar-refractivity contribution in [3.05, 3.63) is 35.9 Å². The van der Waals surface area contributed by atoms with E-state index in [1.54, 1.807) is 25.3 Å². The number of rotatable bonds is 6. The first kappa shape index (κ1) is 12.3. The Balaban J connectivity index is 2.75. The standard InChI is InChI=1S/C13H16O3/c1-10(2)6-7-16-13-8-12(15-3)5-4-11(13)9-14/h4-5,8-9H,1,6-7H2,2-3H3. The van der Waals surface area contributed by atoms with E-state index >= 15 is 0 Å². The van der Waals surface area contributed by atoms with Crippen molar-refractivity contribution in [2.45, 2.75) is 13.3 Å². The lowest BCUT2D eigenvalue weighted by molar-refractivity contribution is 0.111. The van der Waals surface area contributed by atoms with Crippen LogP contribution in [0, 0.1) is 0 Å². The summed E-state index contributed by atoms with van der Waals surface area (Å²) in [5.74, 6) is 1.23. The fourth-order valence-corrected chi connectivity index (χ4v) is 1.20. The Morgan fingerprint density at radius 3 is 2.81 bits per heavy atom. The Morgan fingerprint density at radius 1 is 1.50 bits per heavy atom. The smallest absolute Gasteiger partial charge is 0.153 e. The van der Waals surface area contributed by atoms with Crippen molar-refractivity contribution in [2.24, 2.45) is 0 Å². The molecule has 0 aliphatic heterocycles. The lowest BCUT2D eigenvalue weighted by Crippen LogP contribution is -2.00. The molecule has 16 heavy (non-hydrogen) atoms. The third-order valence-electron chi connectivity index (χ3n) is 2.13. The van der Waals surface area contributed by atoms with E-state index in [4.69, 9.17) is 9.47 Å². The van der Waals surface area contributed by atoms with Crippen molar-refractivity contribution in [3.63, 3.8) is 0 Å². The molecule has 86 valence electrons. The van der Waals surface area contributed by atoms with E-state index in [1.165, 1.54) is 0 Å². The average Bonchev–Trinajstić information content (AvgIpc) is 2.28. The molecular weight excluding hydrogens is 204 g/mol. The fourth-order valence-electron chi connectivity index (χ4n) is 1.20. The zero-order valence-electron chi connectivity index (χ0n) is 9.66. The molecule has 0 aromatic heterocycles. The number of carbonyl (C=O) groups excluding carboxylic acids is 1. The molecule has 0 aliphatic rings. The molecule has 0 radical (unpaired) electrons. The largest absolute Gasteiger partial charge is 0.497 e. The molecule has 0 unspecified atom stereocenters. The summed E-state index contributed by atoms with van der Waals surface area (Å²) in [5, 5.41) is 0. The first-order valence-corrected chi connectivity index (χ1v) is 5.07. The molecule has 0 fully saturated rings. The maximum Gasteiger partial charge on any atom is 0.153 e. The average molecular weight is 220 g/mol. The van der Waals surface area contributed by atoms with Crippen LogP contribution in [0.4, 0.5) is 0 Å². The van der Waals surface area contributed by atoms with E-state index in [2.05, 4.69) is 6.58 Å². The van der Waals surface area contributed by atoms with Crippen molar-refractivity contribution in [1.29, 1.82) is 0 Å². The summed E-state index contributed by atoms with van der Waals surface area (Å²) in [6.07, 6.45) is 1.55. The monoisotopic (exact) mass is 220 g/mol. The summed E-state index contributed by atoms with van der Waals surface area (Å²) < 4.78 is 10.6. The minimum atomic E-state index is 0.517. The normalized spacial score (nSPS) is 9.62. The Bertz CT molecular complexity index is 383. The second-order valence-corrected chi connectivity index (χ2v) is 3.58. The van der Waals surface area contributed by atoms with Gasteiger partial charge in [-0.2, -0.15) is 0 Å². The highest BCUT2D eigenvalue weighted by Crippen LogP contribution is 2.23. The number of methoxy groups -OCH3 is 1. The second kappa shape index (κ2) is 5.95. The summed E-state index contributed by atoms with van der Waals surface area (Å²) in [6.45, 7) is 6.25. The van der Waals surface area contributed by atoms with Crippen LogP contribution < -0.4 is 9.47 Å². The zero-order valence-corrected chi connectivity index (χ0v) is 9.66. The summed E-state index contributed by atoms with van der Waals surface area (Å²) in [6, 6.07) is 5.12. The van der Waals surface area contributed by atoms with Crippen LogP contribution in [0.25, 0.3) is 0 Å². The summed E-state index contributed by atoms with van der Waals surface area (Å²) in [7, 11) is 1.58. The zero-order chi connectivity index (χ0) is 12.0. The molecule has 0 bridgehead atoms. The molecule has 3 heteroatoms. The lowest BCUT2D eigenvalue weighted by Gasteiger charge is -2.09. The first-order valence-electron chi connectivity index (χ1n) is 5.07. The molecule has 1 aromatic rings. The molecule has 0 amide bonds. The van der Waals surface area contributed by atoms with Crippen molar-refractivity contribution in [1.82, 2.24) is 0 Å². The van der Waals surface area contributed by atoms with Gasteiger partial charge in [-0.1, -0.05) is 5.57 Å². The van der Waals surface area contributed by atoms with Crippen LogP contribution in [-0.4, -0.2) is 20.0 Å². The minimum absolute atomic E-state index is 0.517. The van der Waals surface area contributed by atoms with Crippen LogP contribution >= 0.6 is 0 Å². The van der Waals surface area contributed by atoms with Gasteiger partial charge in [0.15, 0.2) is 6.29 Å². The molecule has 0 N–H and O–H groups in total. The van der Waals surface area contributed by atoms with Gasteiger partial charge in [-0.05, 0) is 19.1 Å². The van der Waals surface area contributed by atoms with E-state index < -0.39 is 0 Å². The molecular formula is C13H16O3. The molecule has 0 heterocycles. The maximum absolute atomic E-state index is 10.8. The maximum atomic E-state index is 10.8. The summed E-state index contributed by atoms with van der Waals surface area (Å²) in [5.41, 5.74) is 1.58. The second-order valence-electron chi connectivity index (χ2n) is 3.58. The van der Waals surface area contributed by atoms with Gasteiger partial charge in [-0.25, -0.2) is 0 Å². The molecule has 0 spiro atoms. The van der Waals surface area contributed by atoms with Crippen molar-refractivity contribution < 1.29 is 14.3 Å². The SMILES string of the molecule is C=C(C)CCOc1cc(OC)ccc1C=O. The number of carbonyl (C=O) groups is 1.